The molecule has 0 atom stereocenters. The number of hydrogen-bond acceptors (Lipinski definition) is 6. The molecule has 0 fully saturated rings. The van der Waals surface area contributed by atoms with E-state index < -0.39 is 0 Å². The van der Waals surface area contributed by atoms with Gasteiger partial charge in [0.15, 0.2) is 5.13 Å². The van der Waals surface area contributed by atoms with Gasteiger partial charge in [-0.05, 0) is 49.8 Å². The van der Waals surface area contributed by atoms with E-state index in [2.05, 4.69) is 4.90 Å². The highest BCUT2D eigenvalue weighted by atomic mass is 35.5. The number of fused-ring (bicyclic) bond motifs is 2. The van der Waals surface area contributed by atoms with E-state index in [-0.39, 0.29) is 5.91 Å². The maximum Gasteiger partial charge on any atom is 0.260 e. The molecule has 0 aliphatic heterocycles. The summed E-state index contributed by atoms with van der Waals surface area (Å²) in [5.74, 6) is -0.0940. The van der Waals surface area contributed by atoms with Crippen molar-refractivity contribution < 1.29 is 4.79 Å². The zero-order chi connectivity index (χ0) is 22.9. The Morgan fingerprint density at radius 1 is 1.00 bits per heavy atom. The van der Waals surface area contributed by atoms with E-state index in [1.807, 2.05) is 80.1 Å². The average molecular weight is 493 g/mol. The molecule has 0 saturated heterocycles. The zero-order valence-electron chi connectivity index (χ0n) is 18.2. The highest BCUT2D eigenvalue weighted by molar-refractivity contribution is 7.22. The molecule has 0 bridgehead atoms. The molecule has 3 aromatic heterocycles. The molecule has 0 N–H and O–H groups in total. The smallest absolute Gasteiger partial charge is 0.260 e. The van der Waals surface area contributed by atoms with Gasteiger partial charge < -0.3 is 4.90 Å². The number of pyridine rings is 1. The lowest BCUT2D eigenvalue weighted by Gasteiger charge is -2.23. The lowest BCUT2D eigenvalue weighted by Crippen LogP contribution is -2.37. The van der Waals surface area contributed by atoms with Crippen molar-refractivity contribution in [3.05, 3.63) is 76.6 Å². The van der Waals surface area contributed by atoms with Crippen LogP contribution in [0.1, 0.15) is 10.4 Å². The molecule has 0 spiro atoms. The molecule has 0 aliphatic rings. The van der Waals surface area contributed by atoms with Crippen LogP contribution in [0.3, 0.4) is 0 Å². The second kappa shape index (κ2) is 9.19. The lowest BCUT2D eigenvalue weighted by atomic mass is 10.1. The molecule has 5 aromatic rings. The predicted molar refractivity (Wildman–Crippen MR) is 140 cm³/mol. The maximum atomic E-state index is 14.1. The Morgan fingerprint density at radius 2 is 1.85 bits per heavy atom. The summed E-state index contributed by atoms with van der Waals surface area (Å²) in [7, 11) is 3.99. The summed E-state index contributed by atoms with van der Waals surface area (Å²) in [6, 6.07) is 19.4. The third-order valence-corrected chi connectivity index (χ3v) is 7.57. The first-order valence-electron chi connectivity index (χ1n) is 10.5. The molecular formula is C25H21ClN4OS2. The van der Waals surface area contributed by atoms with Crippen LogP contribution in [-0.4, -0.2) is 48.0 Å². The molecule has 5 nitrogen and oxygen atoms in total. The first-order chi connectivity index (χ1) is 16.0. The second-order valence-corrected chi connectivity index (χ2v) is 10.3. The van der Waals surface area contributed by atoms with Crippen LogP contribution in [0.25, 0.3) is 31.7 Å². The van der Waals surface area contributed by atoms with Crippen molar-refractivity contribution in [3.8, 4) is 10.6 Å². The Labute approximate surface area is 204 Å². The minimum absolute atomic E-state index is 0.0940. The van der Waals surface area contributed by atoms with E-state index >= 15 is 0 Å². The quantitative estimate of drug-likeness (QED) is 0.274. The van der Waals surface area contributed by atoms with Gasteiger partial charge in [-0.25, -0.2) is 9.97 Å². The number of carbonyl (C=O) groups is 1. The van der Waals surface area contributed by atoms with Crippen LogP contribution in [-0.2, 0) is 0 Å². The highest BCUT2D eigenvalue weighted by Crippen LogP contribution is 2.35. The van der Waals surface area contributed by atoms with E-state index in [0.717, 1.165) is 31.7 Å². The number of aromatic nitrogens is 2. The SMILES string of the molecule is CN(C)CCN(C(=O)c1cc(-c2cccs2)nc2ccccc12)c1nc2c(Cl)cccc2s1. The van der Waals surface area contributed by atoms with Crippen molar-refractivity contribution in [2.45, 2.75) is 0 Å². The summed E-state index contributed by atoms with van der Waals surface area (Å²) in [4.78, 5) is 28.5. The predicted octanol–water partition coefficient (Wildman–Crippen LogP) is 6.43. The van der Waals surface area contributed by atoms with Gasteiger partial charge >= 0.3 is 0 Å². The van der Waals surface area contributed by atoms with Crippen molar-refractivity contribution in [1.82, 2.24) is 14.9 Å². The lowest BCUT2D eigenvalue weighted by molar-refractivity contribution is 0.0986. The number of thiophene rings is 1. The number of nitrogens with zero attached hydrogens (tertiary/aromatic N) is 4. The van der Waals surface area contributed by atoms with Gasteiger partial charge in [0.1, 0.15) is 5.52 Å². The number of amides is 1. The standard InChI is InChI=1S/C25H21ClN4OS2/c1-29(2)12-13-30(25-28-23-18(26)8-5-10-22(23)33-25)24(31)17-15-20(21-11-6-14-32-21)27-19-9-4-3-7-16(17)19/h3-11,14-15H,12-13H2,1-2H3. The Hall–Kier alpha value is -2.84. The van der Waals surface area contributed by atoms with E-state index in [0.29, 0.717) is 28.8 Å². The number of likely N-dealkylation sites (N-methyl/N-ethyl adjacent to an activating group) is 1. The van der Waals surface area contributed by atoms with Gasteiger partial charge in [0.05, 0.1) is 31.4 Å². The van der Waals surface area contributed by atoms with Gasteiger partial charge in [-0.2, -0.15) is 0 Å². The summed E-state index contributed by atoms with van der Waals surface area (Å²) in [5, 5.41) is 4.08. The molecule has 0 aliphatic carbocycles. The van der Waals surface area contributed by atoms with E-state index in [9.17, 15) is 4.79 Å². The van der Waals surface area contributed by atoms with Crippen LogP contribution >= 0.6 is 34.3 Å². The van der Waals surface area contributed by atoms with Crippen molar-refractivity contribution >= 4 is 66.4 Å². The fourth-order valence-electron chi connectivity index (χ4n) is 3.65. The van der Waals surface area contributed by atoms with Crippen molar-refractivity contribution in [1.29, 1.82) is 0 Å². The number of hydrogen-bond donors (Lipinski definition) is 0. The molecular weight excluding hydrogens is 472 g/mol. The summed E-state index contributed by atoms with van der Waals surface area (Å²) < 4.78 is 0.957. The van der Waals surface area contributed by atoms with Crippen LogP contribution in [0.2, 0.25) is 5.02 Å². The van der Waals surface area contributed by atoms with Gasteiger partial charge in [-0.15, -0.1) is 11.3 Å². The fourth-order valence-corrected chi connectivity index (χ4v) is 5.63. The average Bonchev–Trinajstić information content (AvgIpc) is 3.49. The summed E-state index contributed by atoms with van der Waals surface area (Å²) >= 11 is 9.47. The molecule has 33 heavy (non-hydrogen) atoms. The van der Waals surface area contributed by atoms with Crippen LogP contribution in [0.15, 0.2) is 66.0 Å². The van der Waals surface area contributed by atoms with Crippen LogP contribution in [0.5, 0.6) is 0 Å². The molecule has 0 unspecified atom stereocenters. The van der Waals surface area contributed by atoms with Crippen molar-refractivity contribution in [2.24, 2.45) is 0 Å². The fraction of sp³-hybridized carbons (Fsp3) is 0.160. The van der Waals surface area contributed by atoms with Crippen LogP contribution < -0.4 is 4.90 Å². The molecule has 0 saturated carbocycles. The number of anilines is 1. The Kier molecular flexibility index (Phi) is 6.12. The third-order valence-electron chi connectivity index (χ3n) is 5.33. The summed E-state index contributed by atoms with van der Waals surface area (Å²) in [6.07, 6.45) is 0. The third kappa shape index (κ3) is 4.37. The topological polar surface area (TPSA) is 49.3 Å². The molecule has 2 aromatic carbocycles. The van der Waals surface area contributed by atoms with E-state index in [4.69, 9.17) is 21.6 Å². The number of carbonyl (C=O) groups excluding carboxylic acids is 1. The number of para-hydroxylation sites is 2. The minimum atomic E-state index is -0.0940. The Morgan fingerprint density at radius 3 is 2.61 bits per heavy atom. The number of halogens is 1. The van der Waals surface area contributed by atoms with Gasteiger partial charge in [-0.3, -0.25) is 9.69 Å². The molecule has 166 valence electrons. The molecule has 3 heterocycles. The van der Waals surface area contributed by atoms with Gasteiger partial charge in [0.2, 0.25) is 0 Å². The Bertz CT molecular complexity index is 1450. The zero-order valence-corrected chi connectivity index (χ0v) is 20.5. The normalized spacial score (nSPS) is 11.5. The molecule has 1 amide bonds. The minimum Gasteiger partial charge on any atom is -0.308 e. The number of rotatable bonds is 6. The van der Waals surface area contributed by atoms with Crippen molar-refractivity contribution in [2.75, 3.05) is 32.1 Å². The number of thiazole rings is 1. The Balaban J connectivity index is 1.65. The van der Waals surface area contributed by atoms with Gasteiger partial charge in [0, 0.05) is 18.5 Å². The van der Waals surface area contributed by atoms with Crippen LogP contribution in [0.4, 0.5) is 5.13 Å². The van der Waals surface area contributed by atoms with E-state index in [1.54, 1.807) is 16.2 Å². The monoisotopic (exact) mass is 492 g/mol. The van der Waals surface area contributed by atoms with E-state index in [1.165, 1.54) is 11.3 Å². The van der Waals surface area contributed by atoms with Gasteiger partial charge in [-0.1, -0.05) is 53.3 Å². The first kappa shape index (κ1) is 22.0. The molecule has 5 rings (SSSR count). The molecule has 8 heteroatoms. The van der Waals surface area contributed by atoms with Crippen LogP contribution in [0, 0.1) is 0 Å². The number of benzene rings is 2. The summed E-state index contributed by atoms with van der Waals surface area (Å²) in [6.45, 7) is 1.21. The van der Waals surface area contributed by atoms with Crippen molar-refractivity contribution in [3.63, 3.8) is 0 Å². The largest absolute Gasteiger partial charge is 0.308 e. The second-order valence-electron chi connectivity index (χ2n) is 7.89. The summed E-state index contributed by atoms with van der Waals surface area (Å²) in [5.41, 5.74) is 2.94. The highest BCUT2D eigenvalue weighted by Gasteiger charge is 2.24. The maximum absolute atomic E-state index is 14.1. The molecule has 0 radical (unpaired) electrons. The van der Waals surface area contributed by atoms with Gasteiger partial charge in [0.25, 0.3) is 5.91 Å². The first-order valence-corrected chi connectivity index (χ1v) is 12.5.